The van der Waals surface area contributed by atoms with Crippen molar-refractivity contribution in [3.05, 3.63) is 103 Å². The summed E-state index contributed by atoms with van der Waals surface area (Å²) in [6.07, 6.45) is -3.80. The molecule has 0 bridgehead atoms. The maximum absolute atomic E-state index is 13.3. The average molecular weight is 650 g/mol. The Bertz CT molecular complexity index is 1710. The van der Waals surface area contributed by atoms with Crippen LogP contribution in [0.2, 0.25) is 15.1 Å². The summed E-state index contributed by atoms with van der Waals surface area (Å²) in [6, 6.07) is 14.2. The number of carboxylic acids is 1. The van der Waals surface area contributed by atoms with Crippen LogP contribution in [0.4, 0.5) is 13.2 Å². The first-order valence-electron chi connectivity index (χ1n) is 13.0. The van der Waals surface area contributed by atoms with Gasteiger partial charge in [0.25, 0.3) is 6.43 Å². The minimum atomic E-state index is -3.21. The van der Waals surface area contributed by atoms with E-state index in [1.54, 1.807) is 36.4 Å². The second-order valence-electron chi connectivity index (χ2n) is 9.77. The van der Waals surface area contributed by atoms with Gasteiger partial charge >= 0.3 is 5.97 Å². The summed E-state index contributed by atoms with van der Waals surface area (Å²) < 4.78 is 50.0. The van der Waals surface area contributed by atoms with Gasteiger partial charge in [0.15, 0.2) is 0 Å². The fourth-order valence-electron chi connectivity index (χ4n) is 4.32. The van der Waals surface area contributed by atoms with Gasteiger partial charge in [-0.1, -0.05) is 57.9 Å². The van der Waals surface area contributed by atoms with Crippen LogP contribution in [0.3, 0.4) is 0 Å². The van der Waals surface area contributed by atoms with E-state index in [0.29, 0.717) is 32.6 Å². The molecule has 1 heterocycles. The van der Waals surface area contributed by atoms with Crippen LogP contribution in [0, 0.1) is 11.8 Å². The Hall–Kier alpha value is -3.68. The van der Waals surface area contributed by atoms with Gasteiger partial charge in [-0.25, -0.2) is 18.0 Å². The Morgan fingerprint density at radius 1 is 1.05 bits per heavy atom. The highest BCUT2D eigenvalue weighted by Crippen LogP contribution is 2.46. The van der Waals surface area contributed by atoms with E-state index in [1.165, 1.54) is 18.2 Å². The quantitative estimate of drug-likeness (QED) is 0.132. The van der Waals surface area contributed by atoms with Crippen molar-refractivity contribution in [1.29, 1.82) is 0 Å². The summed E-state index contributed by atoms with van der Waals surface area (Å²) in [6.45, 7) is -0.190. The zero-order valence-corrected chi connectivity index (χ0v) is 24.4. The predicted molar refractivity (Wildman–Crippen MR) is 157 cm³/mol. The number of halogens is 6. The normalized spacial score (nSPS) is 13.5. The molecule has 3 aromatic carbocycles. The molecule has 4 aromatic rings. The Labute approximate surface area is 259 Å². The maximum Gasteiger partial charge on any atom is 0.335 e. The topological polar surface area (TPSA) is 84.6 Å². The number of aromatic carboxylic acids is 1. The molecule has 2 N–H and O–H groups in total. The summed E-state index contributed by atoms with van der Waals surface area (Å²) in [4.78, 5) is 11.5. The van der Waals surface area contributed by atoms with Crippen LogP contribution in [-0.2, 0) is 13.2 Å². The SMILES string of the molecule is O=C(O)c1cc(C#Cc2ccc(OCc3c(-c4c(Cl)cccc4Cl)noc3C3CC3)cc2Cl)cc(CNC(F)C(F)F)c1. The summed E-state index contributed by atoms with van der Waals surface area (Å²) in [5.74, 6) is 5.90. The zero-order valence-electron chi connectivity index (χ0n) is 22.1. The molecule has 1 aliphatic carbocycles. The molecule has 1 unspecified atom stereocenters. The van der Waals surface area contributed by atoms with E-state index < -0.39 is 18.7 Å². The summed E-state index contributed by atoms with van der Waals surface area (Å²) in [5.41, 5.74) is 2.69. The number of carboxylic acid groups (broad SMARTS) is 1. The van der Waals surface area contributed by atoms with Crippen molar-refractivity contribution < 1.29 is 32.3 Å². The number of benzene rings is 3. The lowest BCUT2D eigenvalue weighted by atomic mass is 10.0. The second-order valence-corrected chi connectivity index (χ2v) is 11.0. The fraction of sp³-hybridized carbons (Fsp3) is 0.226. The smallest absolute Gasteiger partial charge is 0.335 e. The molecule has 0 radical (unpaired) electrons. The van der Waals surface area contributed by atoms with Crippen LogP contribution < -0.4 is 10.1 Å². The van der Waals surface area contributed by atoms with Crippen molar-refractivity contribution in [2.75, 3.05) is 0 Å². The lowest BCUT2D eigenvalue weighted by Gasteiger charge is -2.10. The first-order chi connectivity index (χ1) is 20.6. The Kier molecular flexibility index (Phi) is 9.52. The number of nitrogens with one attached hydrogen (secondary N) is 1. The number of aromatic nitrogens is 1. The molecular formula is C31H22Cl3F3N2O4. The third-order valence-corrected chi connectivity index (χ3v) is 7.54. The Balaban J connectivity index is 1.34. The molecule has 1 fully saturated rings. The lowest BCUT2D eigenvalue weighted by Crippen LogP contribution is -2.30. The van der Waals surface area contributed by atoms with E-state index in [0.717, 1.165) is 24.2 Å². The van der Waals surface area contributed by atoms with Gasteiger partial charge in [0.05, 0.1) is 26.2 Å². The predicted octanol–water partition coefficient (Wildman–Crippen LogP) is 8.51. The molecule has 1 aliphatic rings. The van der Waals surface area contributed by atoms with Crippen LogP contribution in [0.5, 0.6) is 5.75 Å². The lowest BCUT2D eigenvalue weighted by molar-refractivity contribution is 0.0298. The van der Waals surface area contributed by atoms with Gasteiger partial charge in [0.2, 0.25) is 6.30 Å². The monoisotopic (exact) mass is 648 g/mol. The summed E-state index contributed by atoms with van der Waals surface area (Å²) in [7, 11) is 0. The molecule has 1 aromatic heterocycles. The third kappa shape index (κ3) is 7.46. The minimum Gasteiger partial charge on any atom is -0.489 e. The highest BCUT2D eigenvalue weighted by molar-refractivity contribution is 6.39. The number of ether oxygens (including phenoxy) is 1. The molecule has 5 rings (SSSR count). The van der Waals surface area contributed by atoms with Crippen LogP contribution in [0.25, 0.3) is 11.3 Å². The molecule has 0 amide bonds. The molecule has 6 nitrogen and oxygen atoms in total. The first-order valence-corrected chi connectivity index (χ1v) is 14.1. The molecule has 12 heteroatoms. The molecule has 1 atom stereocenters. The molecule has 222 valence electrons. The molecule has 43 heavy (non-hydrogen) atoms. The van der Waals surface area contributed by atoms with Gasteiger partial charge < -0.3 is 14.4 Å². The Morgan fingerprint density at radius 2 is 1.79 bits per heavy atom. The van der Waals surface area contributed by atoms with E-state index in [2.05, 4.69) is 17.0 Å². The van der Waals surface area contributed by atoms with Gasteiger partial charge in [-0.3, -0.25) is 5.32 Å². The van der Waals surface area contributed by atoms with Gasteiger partial charge in [0.1, 0.15) is 23.8 Å². The highest BCUT2D eigenvalue weighted by Gasteiger charge is 2.33. The van der Waals surface area contributed by atoms with Crippen molar-refractivity contribution in [2.45, 2.75) is 44.6 Å². The molecule has 1 saturated carbocycles. The van der Waals surface area contributed by atoms with Gasteiger partial charge in [-0.15, -0.1) is 0 Å². The maximum atomic E-state index is 13.3. The molecule has 0 aliphatic heterocycles. The van der Waals surface area contributed by atoms with Gasteiger partial charge in [-0.05, 0) is 60.9 Å². The number of carbonyl (C=O) groups is 1. The zero-order chi connectivity index (χ0) is 30.7. The first kappa shape index (κ1) is 30.8. The highest BCUT2D eigenvalue weighted by atomic mass is 35.5. The number of alkyl halides is 3. The van der Waals surface area contributed by atoms with Gasteiger partial charge in [-0.2, -0.15) is 0 Å². The molecule has 0 saturated heterocycles. The van der Waals surface area contributed by atoms with E-state index in [9.17, 15) is 23.1 Å². The van der Waals surface area contributed by atoms with E-state index in [1.807, 2.05) is 5.32 Å². The van der Waals surface area contributed by atoms with Crippen molar-refractivity contribution in [2.24, 2.45) is 0 Å². The van der Waals surface area contributed by atoms with Crippen molar-refractivity contribution >= 4 is 40.8 Å². The van der Waals surface area contributed by atoms with Crippen LogP contribution in [0.1, 0.15) is 57.1 Å². The van der Waals surface area contributed by atoms with E-state index in [-0.39, 0.29) is 40.8 Å². The van der Waals surface area contributed by atoms with Crippen molar-refractivity contribution in [3.8, 4) is 28.8 Å². The van der Waals surface area contributed by atoms with Gasteiger partial charge in [0, 0.05) is 35.2 Å². The van der Waals surface area contributed by atoms with Crippen molar-refractivity contribution in [3.63, 3.8) is 0 Å². The molecule has 0 spiro atoms. The summed E-state index contributed by atoms with van der Waals surface area (Å²) in [5, 5.41) is 16.8. The van der Waals surface area contributed by atoms with Crippen LogP contribution in [-0.4, -0.2) is 29.0 Å². The summed E-state index contributed by atoms with van der Waals surface area (Å²) >= 11 is 19.3. The fourth-order valence-corrected chi connectivity index (χ4v) is 5.12. The minimum absolute atomic E-state index is 0.123. The second kappa shape index (κ2) is 13.3. The number of nitrogens with zero attached hydrogens (tertiary/aromatic N) is 1. The molecular weight excluding hydrogens is 628 g/mol. The van der Waals surface area contributed by atoms with Crippen LogP contribution >= 0.6 is 34.8 Å². The largest absolute Gasteiger partial charge is 0.489 e. The van der Waals surface area contributed by atoms with E-state index >= 15 is 0 Å². The number of hydrogen-bond donors (Lipinski definition) is 2. The number of hydrogen-bond acceptors (Lipinski definition) is 5. The third-order valence-electron chi connectivity index (χ3n) is 6.59. The average Bonchev–Trinajstić information content (AvgIpc) is 3.74. The van der Waals surface area contributed by atoms with Crippen molar-refractivity contribution in [1.82, 2.24) is 10.5 Å². The van der Waals surface area contributed by atoms with Crippen LogP contribution in [0.15, 0.2) is 59.1 Å². The van der Waals surface area contributed by atoms with E-state index in [4.69, 9.17) is 44.1 Å². The Morgan fingerprint density at radius 3 is 2.44 bits per heavy atom. The standard InChI is InChI=1S/C31H22Cl3F3N2O4/c32-23-2-1-3-24(33)26(23)27-22(28(43-39-27)19-6-7-19)15-42-21-9-8-18(25(34)13-21)5-4-16-10-17(12-20(11-16)31(40)41)14-38-30(37)29(35)36/h1-3,8-13,19,29-30,38H,6-7,14-15H2,(H,40,41). The number of rotatable bonds is 10.